The maximum Gasteiger partial charge on any atom is 0.282 e. The molecule has 2 heterocycles. The van der Waals surface area contributed by atoms with Gasteiger partial charge in [0.1, 0.15) is 0 Å². The zero-order valence-electron chi connectivity index (χ0n) is 14.9. The minimum Gasteiger partial charge on any atom is -0.352 e. The van der Waals surface area contributed by atoms with E-state index in [1.807, 2.05) is 78.9 Å². The molecule has 2 aromatic heterocycles. The number of hydrogen-bond donors (Lipinski definition) is 1. The Bertz CT molecular complexity index is 1350. The van der Waals surface area contributed by atoms with Crippen molar-refractivity contribution in [2.75, 3.05) is 0 Å². The molecule has 0 saturated heterocycles. The quantitative estimate of drug-likeness (QED) is 0.482. The number of rotatable bonds is 3. The van der Waals surface area contributed by atoms with Gasteiger partial charge in [-0.2, -0.15) is 9.78 Å². The maximum atomic E-state index is 13.2. The number of nitrogens with one attached hydrogen (secondary N) is 1. The van der Waals surface area contributed by atoms with Crippen LogP contribution >= 0.6 is 0 Å². The average Bonchev–Trinajstić information content (AvgIpc) is 3.18. The van der Waals surface area contributed by atoms with Crippen LogP contribution in [-0.4, -0.2) is 20.9 Å². The van der Waals surface area contributed by atoms with Crippen molar-refractivity contribution in [2.45, 2.75) is 0 Å². The highest BCUT2D eigenvalue weighted by atomic mass is 16.1. The van der Waals surface area contributed by atoms with Gasteiger partial charge in [0, 0.05) is 10.9 Å². The van der Waals surface area contributed by atoms with E-state index in [9.17, 15) is 4.79 Å². The van der Waals surface area contributed by atoms with Crippen molar-refractivity contribution in [3.05, 3.63) is 101 Å². The minimum atomic E-state index is -0.202. The fraction of sp³-hybridized carbons (Fsp3) is 0. The first-order valence-electron chi connectivity index (χ1n) is 8.99. The van der Waals surface area contributed by atoms with E-state index in [-0.39, 0.29) is 5.56 Å². The number of para-hydroxylation sites is 2. The standard InChI is InChI=1S/C23H16N4O/c28-23-18-11-5-7-13-20(18)26-22(21-14-17-10-4-6-12-19(17)25-21)27(23)24-15-16-8-2-1-3-9-16/h1-15,25H/b24-15+. The molecule has 5 nitrogen and oxygen atoms in total. The van der Waals surface area contributed by atoms with E-state index in [0.717, 1.165) is 22.2 Å². The van der Waals surface area contributed by atoms with Crippen LogP contribution in [0.2, 0.25) is 0 Å². The summed E-state index contributed by atoms with van der Waals surface area (Å²) in [6.45, 7) is 0. The van der Waals surface area contributed by atoms with E-state index in [2.05, 4.69) is 10.1 Å². The largest absolute Gasteiger partial charge is 0.352 e. The van der Waals surface area contributed by atoms with Gasteiger partial charge in [0.05, 0.1) is 22.8 Å². The predicted octanol–water partition coefficient (Wildman–Crippen LogP) is 4.43. The third-order valence-electron chi connectivity index (χ3n) is 4.65. The second-order valence-electron chi connectivity index (χ2n) is 6.50. The van der Waals surface area contributed by atoms with Crippen LogP contribution in [0.3, 0.4) is 0 Å². The summed E-state index contributed by atoms with van der Waals surface area (Å²) in [7, 11) is 0. The van der Waals surface area contributed by atoms with Crippen LogP contribution < -0.4 is 5.56 Å². The molecule has 0 saturated carbocycles. The maximum absolute atomic E-state index is 13.2. The molecule has 0 amide bonds. The zero-order chi connectivity index (χ0) is 18.9. The van der Waals surface area contributed by atoms with Crippen LogP contribution in [0, 0.1) is 0 Å². The summed E-state index contributed by atoms with van der Waals surface area (Å²) in [6.07, 6.45) is 1.67. The first kappa shape index (κ1) is 16.2. The predicted molar refractivity (Wildman–Crippen MR) is 113 cm³/mol. The van der Waals surface area contributed by atoms with Crippen LogP contribution in [0.1, 0.15) is 5.56 Å². The monoisotopic (exact) mass is 364 g/mol. The van der Waals surface area contributed by atoms with Crippen molar-refractivity contribution in [3.8, 4) is 11.5 Å². The summed E-state index contributed by atoms with van der Waals surface area (Å²) in [4.78, 5) is 21.2. The Kier molecular flexibility index (Phi) is 3.84. The Morgan fingerprint density at radius 2 is 1.64 bits per heavy atom. The number of aromatic amines is 1. The molecule has 0 aliphatic carbocycles. The van der Waals surface area contributed by atoms with Gasteiger partial charge in [0.15, 0.2) is 5.82 Å². The molecule has 5 aromatic rings. The number of aromatic nitrogens is 3. The van der Waals surface area contributed by atoms with E-state index in [0.29, 0.717) is 16.7 Å². The van der Waals surface area contributed by atoms with Gasteiger partial charge >= 0.3 is 0 Å². The highest BCUT2D eigenvalue weighted by Crippen LogP contribution is 2.23. The number of H-pyrrole nitrogens is 1. The van der Waals surface area contributed by atoms with Crippen molar-refractivity contribution >= 4 is 28.0 Å². The number of fused-ring (bicyclic) bond motifs is 2. The minimum absolute atomic E-state index is 0.202. The highest BCUT2D eigenvalue weighted by molar-refractivity contribution is 5.86. The van der Waals surface area contributed by atoms with E-state index in [1.54, 1.807) is 12.3 Å². The average molecular weight is 364 g/mol. The molecular weight excluding hydrogens is 348 g/mol. The van der Waals surface area contributed by atoms with Gasteiger partial charge in [-0.15, -0.1) is 0 Å². The SMILES string of the molecule is O=c1c2ccccc2nc(-c2cc3ccccc3[nH]2)n1/N=C/c1ccccc1. The first-order valence-corrected chi connectivity index (χ1v) is 8.99. The molecule has 3 aromatic carbocycles. The molecule has 0 bridgehead atoms. The van der Waals surface area contributed by atoms with Gasteiger partial charge < -0.3 is 4.98 Å². The Morgan fingerprint density at radius 3 is 2.50 bits per heavy atom. The third kappa shape index (κ3) is 2.79. The van der Waals surface area contributed by atoms with E-state index < -0.39 is 0 Å². The zero-order valence-corrected chi connectivity index (χ0v) is 14.9. The van der Waals surface area contributed by atoms with Crippen molar-refractivity contribution in [3.63, 3.8) is 0 Å². The Hall–Kier alpha value is -3.99. The van der Waals surface area contributed by atoms with Crippen LogP contribution in [0.25, 0.3) is 33.3 Å². The lowest BCUT2D eigenvalue weighted by molar-refractivity contribution is 0.826. The fourth-order valence-electron chi connectivity index (χ4n) is 3.26. The third-order valence-corrected chi connectivity index (χ3v) is 4.65. The van der Waals surface area contributed by atoms with Gasteiger partial charge in [-0.3, -0.25) is 4.79 Å². The molecule has 5 rings (SSSR count). The van der Waals surface area contributed by atoms with Crippen LogP contribution in [0.5, 0.6) is 0 Å². The molecular formula is C23H16N4O. The van der Waals surface area contributed by atoms with E-state index in [4.69, 9.17) is 4.98 Å². The van der Waals surface area contributed by atoms with Gasteiger partial charge in [0.25, 0.3) is 5.56 Å². The molecule has 0 aliphatic rings. The molecule has 0 spiro atoms. The summed E-state index contributed by atoms with van der Waals surface area (Å²) in [5.74, 6) is 0.479. The van der Waals surface area contributed by atoms with Crippen molar-refractivity contribution in [2.24, 2.45) is 5.10 Å². The van der Waals surface area contributed by atoms with Crippen molar-refractivity contribution in [1.29, 1.82) is 0 Å². The number of nitrogens with zero attached hydrogens (tertiary/aromatic N) is 3. The van der Waals surface area contributed by atoms with E-state index in [1.165, 1.54) is 4.68 Å². The topological polar surface area (TPSA) is 63.0 Å². The lowest BCUT2D eigenvalue weighted by atomic mass is 10.2. The van der Waals surface area contributed by atoms with Crippen LogP contribution in [0.4, 0.5) is 0 Å². The van der Waals surface area contributed by atoms with Gasteiger partial charge in [-0.1, -0.05) is 60.7 Å². The van der Waals surface area contributed by atoms with Gasteiger partial charge in [-0.25, -0.2) is 4.98 Å². The van der Waals surface area contributed by atoms with Gasteiger partial charge in [-0.05, 0) is 29.8 Å². The van der Waals surface area contributed by atoms with Crippen molar-refractivity contribution < 1.29 is 0 Å². The summed E-state index contributed by atoms with van der Waals surface area (Å²) in [5, 5.41) is 6.06. The molecule has 134 valence electrons. The molecule has 1 N–H and O–H groups in total. The smallest absolute Gasteiger partial charge is 0.282 e. The number of benzene rings is 3. The Labute approximate surface area is 160 Å². The summed E-state index contributed by atoms with van der Waals surface area (Å²) < 4.78 is 1.36. The summed E-state index contributed by atoms with van der Waals surface area (Å²) in [6, 6.07) is 27.0. The summed E-state index contributed by atoms with van der Waals surface area (Å²) >= 11 is 0. The van der Waals surface area contributed by atoms with Gasteiger partial charge in [0.2, 0.25) is 0 Å². The van der Waals surface area contributed by atoms with Crippen LogP contribution in [0.15, 0.2) is 94.8 Å². The van der Waals surface area contributed by atoms with Crippen LogP contribution in [-0.2, 0) is 0 Å². The lowest BCUT2D eigenvalue weighted by Crippen LogP contribution is -2.20. The molecule has 0 aliphatic heterocycles. The molecule has 5 heteroatoms. The van der Waals surface area contributed by atoms with Crippen molar-refractivity contribution in [1.82, 2.24) is 14.6 Å². The fourth-order valence-corrected chi connectivity index (χ4v) is 3.26. The Morgan fingerprint density at radius 1 is 0.893 bits per heavy atom. The Balaban J connectivity index is 1.76. The molecule has 0 atom stereocenters. The highest BCUT2D eigenvalue weighted by Gasteiger charge is 2.14. The van der Waals surface area contributed by atoms with E-state index >= 15 is 0 Å². The lowest BCUT2D eigenvalue weighted by Gasteiger charge is -2.08. The second kappa shape index (κ2) is 6.63. The summed E-state index contributed by atoms with van der Waals surface area (Å²) in [5.41, 5.74) is 3.08. The molecule has 0 unspecified atom stereocenters. The molecule has 0 fully saturated rings. The molecule has 28 heavy (non-hydrogen) atoms. The first-order chi connectivity index (χ1) is 13.8. The second-order valence-corrected chi connectivity index (χ2v) is 6.50. The normalized spacial score (nSPS) is 11.6. The number of hydrogen-bond acceptors (Lipinski definition) is 3. The molecule has 0 radical (unpaired) electrons.